The van der Waals surface area contributed by atoms with E-state index in [1.54, 1.807) is 0 Å². The largest absolute Gasteiger partial charge is 0.385 e. The van der Waals surface area contributed by atoms with Crippen molar-refractivity contribution in [3.63, 3.8) is 0 Å². The van der Waals surface area contributed by atoms with Crippen molar-refractivity contribution in [2.45, 2.75) is 19.8 Å². The molecule has 1 nitrogen and oxygen atoms in total. The van der Waals surface area contributed by atoms with Crippen LogP contribution >= 0.6 is 0 Å². The van der Waals surface area contributed by atoms with Crippen LogP contribution in [0.1, 0.15) is 25.3 Å². The van der Waals surface area contributed by atoms with Crippen molar-refractivity contribution < 1.29 is 0 Å². The van der Waals surface area contributed by atoms with Crippen LogP contribution in [0.25, 0.3) is 0 Å². The van der Waals surface area contributed by atoms with Gasteiger partial charge in [-0.15, -0.1) is 6.42 Å². The van der Waals surface area contributed by atoms with Crippen LogP contribution in [0, 0.1) is 12.3 Å². The summed E-state index contributed by atoms with van der Waals surface area (Å²) in [5, 5.41) is 3.32. The second-order valence-corrected chi connectivity index (χ2v) is 3.01. The van der Waals surface area contributed by atoms with E-state index in [4.69, 9.17) is 6.42 Å². The Morgan fingerprint density at radius 1 is 1.46 bits per heavy atom. The van der Waals surface area contributed by atoms with E-state index in [1.165, 1.54) is 12.8 Å². The third-order valence-corrected chi connectivity index (χ3v) is 1.89. The minimum Gasteiger partial charge on any atom is -0.385 e. The van der Waals surface area contributed by atoms with Gasteiger partial charge in [-0.2, -0.15) is 0 Å². The molecule has 0 amide bonds. The quantitative estimate of drug-likeness (QED) is 0.545. The van der Waals surface area contributed by atoms with Gasteiger partial charge < -0.3 is 5.32 Å². The smallest absolute Gasteiger partial charge is 0.0352 e. The molecule has 0 saturated carbocycles. The number of anilines is 1. The first-order chi connectivity index (χ1) is 6.36. The van der Waals surface area contributed by atoms with Gasteiger partial charge in [-0.3, -0.25) is 0 Å². The van der Waals surface area contributed by atoms with E-state index in [0.29, 0.717) is 0 Å². The number of benzene rings is 1. The summed E-state index contributed by atoms with van der Waals surface area (Å²) in [6.45, 7) is 3.20. The highest BCUT2D eigenvalue weighted by atomic mass is 14.9. The van der Waals surface area contributed by atoms with Gasteiger partial charge in [0, 0.05) is 17.8 Å². The van der Waals surface area contributed by atoms with Crippen molar-refractivity contribution in [3.8, 4) is 12.3 Å². The van der Waals surface area contributed by atoms with Crippen LogP contribution in [-0.4, -0.2) is 6.54 Å². The maximum absolute atomic E-state index is 5.30. The van der Waals surface area contributed by atoms with Gasteiger partial charge in [0.05, 0.1) is 0 Å². The van der Waals surface area contributed by atoms with Crippen LogP contribution in [0.2, 0.25) is 0 Å². The Morgan fingerprint density at radius 3 is 3.00 bits per heavy atom. The Balaban J connectivity index is 2.52. The maximum Gasteiger partial charge on any atom is 0.0352 e. The predicted octanol–water partition coefficient (Wildman–Crippen LogP) is 2.88. The summed E-state index contributed by atoms with van der Waals surface area (Å²) >= 11 is 0. The van der Waals surface area contributed by atoms with E-state index in [-0.39, 0.29) is 0 Å². The summed E-state index contributed by atoms with van der Waals surface area (Å²) in [4.78, 5) is 0. The Morgan fingerprint density at radius 2 is 2.31 bits per heavy atom. The van der Waals surface area contributed by atoms with Gasteiger partial charge in [-0.1, -0.05) is 25.3 Å². The monoisotopic (exact) mass is 173 g/mol. The number of terminal acetylenes is 1. The van der Waals surface area contributed by atoms with Crippen molar-refractivity contribution in [2.24, 2.45) is 0 Å². The first-order valence-electron chi connectivity index (χ1n) is 4.67. The fraction of sp³-hybridized carbons (Fsp3) is 0.333. The fourth-order valence-corrected chi connectivity index (χ4v) is 1.13. The molecule has 1 aromatic carbocycles. The zero-order valence-electron chi connectivity index (χ0n) is 8.01. The van der Waals surface area contributed by atoms with Gasteiger partial charge >= 0.3 is 0 Å². The van der Waals surface area contributed by atoms with E-state index in [2.05, 4.69) is 18.2 Å². The van der Waals surface area contributed by atoms with Crippen molar-refractivity contribution in [1.29, 1.82) is 0 Å². The molecule has 0 aliphatic heterocycles. The first kappa shape index (κ1) is 9.67. The van der Waals surface area contributed by atoms with E-state index >= 15 is 0 Å². The molecule has 0 unspecified atom stereocenters. The lowest BCUT2D eigenvalue weighted by Crippen LogP contribution is -2.00. The Bertz CT molecular complexity index is 296. The third-order valence-electron chi connectivity index (χ3n) is 1.89. The second kappa shape index (κ2) is 5.27. The highest BCUT2D eigenvalue weighted by molar-refractivity contribution is 5.49. The molecule has 0 bridgehead atoms. The molecule has 1 heteroatoms. The second-order valence-electron chi connectivity index (χ2n) is 3.01. The summed E-state index contributed by atoms with van der Waals surface area (Å²) in [6.07, 6.45) is 7.70. The summed E-state index contributed by atoms with van der Waals surface area (Å²) in [6, 6.07) is 7.95. The number of hydrogen-bond donors (Lipinski definition) is 1. The first-order valence-corrected chi connectivity index (χ1v) is 4.67. The van der Waals surface area contributed by atoms with Crippen molar-refractivity contribution in [3.05, 3.63) is 29.8 Å². The average molecular weight is 173 g/mol. The standard InChI is InChI=1S/C12H15N/c1-3-5-9-13-12-8-6-7-11(4-2)10-12/h2,6-8,10,13H,3,5,9H2,1H3. The predicted molar refractivity (Wildman–Crippen MR) is 57.8 cm³/mol. The SMILES string of the molecule is C#Cc1cccc(NCCCC)c1. The number of nitrogens with one attached hydrogen (secondary N) is 1. The normalized spacial score (nSPS) is 9.23. The summed E-state index contributed by atoms with van der Waals surface area (Å²) in [5.41, 5.74) is 2.05. The average Bonchev–Trinajstić information content (AvgIpc) is 2.19. The maximum atomic E-state index is 5.30. The molecule has 1 rings (SSSR count). The molecule has 1 aromatic rings. The molecule has 1 N–H and O–H groups in total. The third kappa shape index (κ3) is 3.21. The van der Waals surface area contributed by atoms with Crippen LogP contribution in [0.3, 0.4) is 0 Å². The molecule has 0 fully saturated rings. The van der Waals surface area contributed by atoms with Gasteiger partial charge in [0.1, 0.15) is 0 Å². The highest BCUT2D eigenvalue weighted by Crippen LogP contribution is 2.09. The number of hydrogen-bond acceptors (Lipinski definition) is 1. The highest BCUT2D eigenvalue weighted by Gasteiger charge is 1.91. The summed E-state index contributed by atoms with van der Waals surface area (Å²) < 4.78 is 0. The molecular formula is C12H15N. The van der Waals surface area contributed by atoms with Crippen molar-refractivity contribution >= 4 is 5.69 Å². The Hall–Kier alpha value is -1.42. The topological polar surface area (TPSA) is 12.0 Å². The summed E-state index contributed by atoms with van der Waals surface area (Å²) in [5.74, 6) is 2.62. The van der Waals surface area contributed by atoms with Gasteiger partial charge in [0.15, 0.2) is 0 Å². The van der Waals surface area contributed by atoms with E-state index < -0.39 is 0 Å². The van der Waals surface area contributed by atoms with Crippen molar-refractivity contribution in [2.75, 3.05) is 11.9 Å². The van der Waals surface area contributed by atoms with Crippen LogP contribution in [0.15, 0.2) is 24.3 Å². The van der Waals surface area contributed by atoms with Crippen LogP contribution in [0.5, 0.6) is 0 Å². The Kier molecular flexibility index (Phi) is 3.92. The minimum absolute atomic E-state index is 0.932. The molecule has 0 radical (unpaired) electrons. The van der Waals surface area contributed by atoms with Gasteiger partial charge in [0.2, 0.25) is 0 Å². The van der Waals surface area contributed by atoms with E-state index in [1.807, 2.05) is 24.3 Å². The molecule has 0 heterocycles. The van der Waals surface area contributed by atoms with Crippen LogP contribution in [0.4, 0.5) is 5.69 Å². The molecule has 0 aliphatic rings. The van der Waals surface area contributed by atoms with Gasteiger partial charge in [0.25, 0.3) is 0 Å². The van der Waals surface area contributed by atoms with E-state index in [9.17, 15) is 0 Å². The molecular weight excluding hydrogens is 158 g/mol. The molecule has 68 valence electrons. The molecule has 0 aliphatic carbocycles. The molecule has 0 atom stereocenters. The number of unbranched alkanes of at least 4 members (excludes halogenated alkanes) is 1. The Labute approximate surface area is 80.2 Å². The lowest BCUT2D eigenvalue weighted by Gasteiger charge is -2.04. The summed E-state index contributed by atoms with van der Waals surface area (Å²) in [7, 11) is 0. The molecule has 13 heavy (non-hydrogen) atoms. The zero-order chi connectivity index (χ0) is 9.52. The number of rotatable bonds is 4. The van der Waals surface area contributed by atoms with E-state index in [0.717, 1.165) is 17.8 Å². The van der Waals surface area contributed by atoms with Crippen molar-refractivity contribution in [1.82, 2.24) is 0 Å². The van der Waals surface area contributed by atoms with Gasteiger partial charge in [-0.25, -0.2) is 0 Å². The molecule has 0 spiro atoms. The zero-order valence-corrected chi connectivity index (χ0v) is 8.01. The van der Waals surface area contributed by atoms with Crippen LogP contribution < -0.4 is 5.32 Å². The minimum atomic E-state index is 0.932. The molecule has 0 saturated heterocycles. The molecule has 0 aromatic heterocycles. The lowest BCUT2D eigenvalue weighted by molar-refractivity contribution is 0.834. The van der Waals surface area contributed by atoms with Crippen LogP contribution in [-0.2, 0) is 0 Å². The lowest BCUT2D eigenvalue weighted by atomic mass is 10.2. The van der Waals surface area contributed by atoms with Gasteiger partial charge in [-0.05, 0) is 24.6 Å². The fourth-order valence-electron chi connectivity index (χ4n) is 1.13.